The van der Waals surface area contributed by atoms with E-state index in [9.17, 15) is 29.3 Å². The number of ether oxygens (including phenoxy) is 3. The summed E-state index contributed by atoms with van der Waals surface area (Å²) >= 11 is 0. The molecular weight excluding hydrogens is 458 g/mol. The number of hydrogen-bond acceptors (Lipinski definition) is 9. The highest BCUT2D eigenvalue weighted by Crippen LogP contribution is 2.36. The number of hydrogen-bond donors (Lipinski definition) is 0. The summed E-state index contributed by atoms with van der Waals surface area (Å²) in [5.41, 5.74) is -1.71. The number of carbonyl (C=O) groups excluding carboxylic acids is 4. The highest BCUT2D eigenvalue weighted by atomic mass is 16.6. The lowest BCUT2D eigenvalue weighted by Gasteiger charge is -2.19. The standard InChI is InChI=1S/C25H15NO9/c27-18(13-5-8-19-20(11-13)34-10-9-33-19)12-35-25(30)17-7-6-16-21(22(17)26(31)32)24(29)15-4-2-1-3-14(15)23(16)28/h1-8,11H,9-10,12H2. The van der Waals surface area contributed by atoms with Crippen molar-refractivity contribution in [2.45, 2.75) is 0 Å². The third kappa shape index (κ3) is 3.70. The molecule has 0 spiro atoms. The summed E-state index contributed by atoms with van der Waals surface area (Å²) in [6.45, 7) is 0.00684. The number of nitro benzene ring substituents is 1. The highest BCUT2D eigenvalue weighted by Gasteiger charge is 2.39. The van der Waals surface area contributed by atoms with E-state index in [0.717, 1.165) is 6.07 Å². The number of benzene rings is 3. The van der Waals surface area contributed by atoms with Gasteiger partial charge in [-0.3, -0.25) is 24.5 Å². The van der Waals surface area contributed by atoms with Crippen molar-refractivity contribution in [3.63, 3.8) is 0 Å². The number of carbonyl (C=O) groups is 4. The first-order chi connectivity index (χ1) is 16.9. The zero-order valence-electron chi connectivity index (χ0n) is 17.9. The van der Waals surface area contributed by atoms with Crippen LogP contribution in [0.5, 0.6) is 11.5 Å². The molecule has 1 aliphatic heterocycles. The van der Waals surface area contributed by atoms with Gasteiger partial charge in [0.25, 0.3) is 5.69 Å². The lowest BCUT2D eigenvalue weighted by molar-refractivity contribution is -0.385. The summed E-state index contributed by atoms with van der Waals surface area (Å²) in [6, 6.07) is 12.7. The van der Waals surface area contributed by atoms with Crippen LogP contribution < -0.4 is 9.47 Å². The predicted molar refractivity (Wildman–Crippen MR) is 118 cm³/mol. The Morgan fingerprint density at radius 3 is 2.29 bits per heavy atom. The third-order valence-electron chi connectivity index (χ3n) is 5.67. The lowest BCUT2D eigenvalue weighted by Crippen LogP contribution is -2.24. The van der Waals surface area contributed by atoms with Crippen LogP contribution in [0.25, 0.3) is 0 Å². The third-order valence-corrected chi connectivity index (χ3v) is 5.67. The molecule has 0 aromatic heterocycles. The Balaban J connectivity index is 1.43. The number of Topliss-reactive ketones (excluding diaryl/α,β-unsaturated/α-hetero) is 1. The predicted octanol–water partition coefficient (Wildman–Crippen LogP) is 3.18. The fourth-order valence-corrected chi connectivity index (χ4v) is 4.03. The summed E-state index contributed by atoms with van der Waals surface area (Å²) in [5, 5.41) is 11.9. The number of esters is 1. The number of fused-ring (bicyclic) bond motifs is 3. The van der Waals surface area contributed by atoms with E-state index in [2.05, 4.69) is 0 Å². The van der Waals surface area contributed by atoms with Crippen LogP contribution in [0.15, 0.2) is 54.6 Å². The molecule has 1 heterocycles. The molecule has 35 heavy (non-hydrogen) atoms. The number of nitrogens with zero attached hydrogens (tertiary/aromatic N) is 1. The molecule has 3 aromatic rings. The van der Waals surface area contributed by atoms with Gasteiger partial charge in [0.2, 0.25) is 5.78 Å². The molecule has 2 aliphatic rings. The molecule has 0 atom stereocenters. The second-order valence-electron chi connectivity index (χ2n) is 7.70. The Labute approximate surface area is 197 Å². The number of nitro groups is 1. The normalized spacial score (nSPS) is 13.5. The number of ketones is 3. The summed E-state index contributed by atoms with van der Waals surface area (Å²) in [7, 11) is 0. The van der Waals surface area contributed by atoms with Crippen molar-refractivity contribution in [3.05, 3.63) is 98.1 Å². The monoisotopic (exact) mass is 473 g/mol. The van der Waals surface area contributed by atoms with Gasteiger partial charge < -0.3 is 14.2 Å². The molecule has 3 aromatic carbocycles. The molecule has 0 saturated carbocycles. The van der Waals surface area contributed by atoms with Crippen LogP contribution in [0.2, 0.25) is 0 Å². The quantitative estimate of drug-likeness (QED) is 0.185. The van der Waals surface area contributed by atoms with Gasteiger partial charge in [-0.25, -0.2) is 4.79 Å². The Hall–Kier alpha value is -4.86. The van der Waals surface area contributed by atoms with Gasteiger partial charge >= 0.3 is 5.97 Å². The van der Waals surface area contributed by atoms with E-state index >= 15 is 0 Å². The van der Waals surface area contributed by atoms with E-state index in [1.54, 1.807) is 12.1 Å². The van der Waals surface area contributed by atoms with Gasteiger partial charge in [0.05, 0.1) is 4.92 Å². The molecule has 0 amide bonds. The van der Waals surface area contributed by atoms with E-state index in [4.69, 9.17) is 14.2 Å². The van der Waals surface area contributed by atoms with Crippen molar-refractivity contribution in [1.82, 2.24) is 0 Å². The molecule has 5 rings (SSSR count). The molecule has 0 N–H and O–H groups in total. The van der Waals surface area contributed by atoms with Crippen LogP contribution in [0.1, 0.15) is 52.6 Å². The largest absolute Gasteiger partial charge is 0.486 e. The molecule has 0 unspecified atom stereocenters. The molecule has 10 heteroatoms. The molecule has 174 valence electrons. The van der Waals surface area contributed by atoms with Gasteiger partial charge in [-0.15, -0.1) is 0 Å². The maximum atomic E-state index is 13.0. The van der Waals surface area contributed by atoms with Crippen molar-refractivity contribution in [2.75, 3.05) is 19.8 Å². The fraction of sp³-hybridized carbons (Fsp3) is 0.120. The SMILES string of the molecule is O=C(COC(=O)c1ccc2c(c1[N+](=O)[O-])C(=O)c1ccccc1C2=O)c1ccc2c(c1)OCCO2. The van der Waals surface area contributed by atoms with E-state index in [1.807, 2.05) is 0 Å². The van der Waals surface area contributed by atoms with Gasteiger partial charge in [-0.2, -0.15) is 0 Å². The average Bonchev–Trinajstić information content (AvgIpc) is 2.88. The fourth-order valence-electron chi connectivity index (χ4n) is 4.03. The lowest BCUT2D eigenvalue weighted by atomic mass is 9.82. The van der Waals surface area contributed by atoms with Crippen molar-refractivity contribution in [1.29, 1.82) is 0 Å². The Morgan fingerprint density at radius 1 is 0.886 bits per heavy atom. The van der Waals surface area contributed by atoms with E-state index in [-0.39, 0.29) is 22.3 Å². The van der Waals surface area contributed by atoms with Crippen LogP contribution >= 0.6 is 0 Å². The van der Waals surface area contributed by atoms with Gasteiger partial charge in [0, 0.05) is 22.3 Å². The van der Waals surface area contributed by atoms with Crippen LogP contribution in [0.4, 0.5) is 5.69 Å². The molecule has 1 aliphatic carbocycles. The highest BCUT2D eigenvalue weighted by molar-refractivity contribution is 6.30. The summed E-state index contributed by atoms with van der Waals surface area (Å²) < 4.78 is 15.9. The minimum absolute atomic E-state index is 0.00685. The zero-order valence-corrected chi connectivity index (χ0v) is 17.9. The van der Waals surface area contributed by atoms with Crippen LogP contribution in [0.3, 0.4) is 0 Å². The van der Waals surface area contributed by atoms with Gasteiger partial charge in [0.1, 0.15) is 24.3 Å². The van der Waals surface area contributed by atoms with Gasteiger partial charge in [0.15, 0.2) is 29.7 Å². The maximum Gasteiger partial charge on any atom is 0.345 e. The minimum atomic E-state index is -1.18. The van der Waals surface area contributed by atoms with Crippen LogP contribution in [-0.2, 0) is 4.74 Å². The zero-order chi connectivity index (χ0) is 24.7. The van der Waals surface area contributed by atoms with Crippen molar-refractivity contribution in [3.8, 4) is 11.5 Å². The van der Waals surface area contributed by atoms with Gasteiger partial charge in [-0.05, 0) is 30.3 Å². The molecule has 10 nitrogen and oxygen atoms in total. The van der Waals surface area contributed by atoms with E-state index < -0.39 is 51.7 Å². The Kier molecular flexibility index (Phi) is 5.33. The summed E-state index contributed by atoms with van der Waals surface area (Å²) in [4.78, 5) is 62.1. The van der Waals surface area contributed by atoms with Crippen LogP contribution in [-0.4, -0.2) is 48.1 Å². The topological polar surface area (TPSA) is 139 Å². The first kappa shape index (κ1) is 22.0. The second kappa shape index (κ2) is 8.49. The molecule has 0 fully saturated rings. The minimum Gasteiger partial charge on any atom is -0.486 e. The molecule has 0 saturated heterocycles. The molecular formula is C25H15NO9. The summed E-state index contributed by atoms with van der Waals surface area (Å²) in [6.07, 6.45) is 0. The Morgan fingerprint density at radius 2 is 1.57 bits per heavy atom. The van der Waals surface area contributed by atoms with Crippen LogP contribution in [0, 0.1) is 10.1 Å². The van der Waals surface area contributed by atoms with Gasteiger partial charge in [-0.1, -0.05) is 24.3 Å². The van der Waals surface area contributed by atoms with E-state index in [1.165, 1.54) is 36.4 Å². The first-order valence-electron chi connectivity index (χ1n) is 10.5. The Bertz CT molecular complexity index is 1460. The molecule has 0 radical (unpaired) electrons. The maximum absolute atomic E-state index is 13.0. The van der Waals surface area contributed by atoms with Crippen molar-refractivity contribution < 1.29 is 38.3 Å². The smallest absolute Gasteiger partial charge is 0.345 e. The average molecular weight is 473 g/mol. The first-order valence-corrected chi connectivity index (χ1v) is 10.5. The molecule has 0 bridgehead atoms. The number of rotatable bonds is 5. The van der Waals surface area contributed by atoms with Crippen molar-refractivity contribution in [2.24, 2.45) is 0 Å². The second-order valence-corrected chi connectivity index (χ2v) is 7.70. The summed E-state index contributed by atoms with van der Waals surface area (Å²) in [5.74, 6) is -2.20. The van der Waals surface area contributed by atoms with E-state index in [0.29, 0.717) is 24.7 Å². The van der Waals surface area contributed by atoms with Crippen molar-refractivity contribution >= 4 is 29.0 Å².